The molecule has 0 saturated carbocycles. The molecule has 1 aliphatic carbocycles. The molecule has 13 aromatic carbocycles. The Hall–Kier alpha value is -10.9. The van der Waals surface area contributed by atoms with E-state index in [2.05, 4.69) is 440 Å². The summed E-state index contributed by atoms with van der Waals surface area (Å²) in [7, 11) is 0. The van der Waals surface area contributed by atoms with E-state index < -0.39 is 0 Å². The van der Waals surface area contributed by atoms with E-state index in [4.69, 9.17) is 0 Å². The molecule has 590 valence electrons. The van der Waals surface area contributed by atoms with Crippen LogP contribution in [0.1, 0.15) is 267 Å². The molecule has 0 saturated heterocycles. The first kappa shape index (κ1) is 77.3. The van der Waals surface area contributed by atoms with E-state index in [0.29, 0.717) is 0 Å². The van der Waals surface area contributed by atoms with E-state index in [1.165, 1.54) is 166 Å². The Bertz CT molecular complexity index is 6010. The van der Waals surface area contributed by atoms with E-state index in [1.807, 2.05) is 0 Å². The van der Waals surface area contributed by atoms with Crippen LogP contribution in [-0.4, -0.2) is 9.13 Å². The molecule has 0 unspecified atom stereocenters. The molecule has 0 atom stereocenters. The standard InChI is InChI=1S/C113H118N4/c1-106(2,3)73-37-33-68(34-38-73)87-60-75(108(7,8)9)41-51-93(87)116-99-66-81(114-95-53-43-77(110(13,14)15)62-89(95)90-63-78(111(16,17)18)44-54-96(90)114)47-49-85(99)104-86-50-48-82(115-97-55-45-79(112(19,20)21)64-91(97)92-65-80(113(22,23)24)46-56-98(92)115)67-100(86)117(94-52-42-76(109(10,11)12)61-88(94)69-35-39-74(40-36-69)107(4,5)6)102-59-72(58-101(116)105(102)104)103-83-31-27-25-29-70(83)57-71-30-26-28-32-84(71)103/h25-56,58-67,103-104H,57H2,1-24H3. The number of nitrogens with zero attached hydrogens (tertiary/aromatic N) is 4. The summed E-state index contributed by atoms with van der Waals surface area (Å²) in [6, 6.07) is 102. The van der Waals surface area contributed by atoms with Crippen LogP contribution in [0.15, 0.2) is 255 Å². The summed E-state index contributed by atoms with van der Waals surface area (Å²) in [4.78, 5) is 5.51. The van der Waals surface area contributed by atoms with Crippen LogP contribution in [0.5, 0.6) is 0 Å². The highest BCUT2D eigenvalue weighted by molar-refractivity contribution is 6.12. The summed E-state index contributed by atoms with van der Waals surface area (Å²) in [5.41, 5.74) is 39.0. The van der Waals surface area contributed by atoms with Gasteiger partial charge < -0.3 is 18.9 Å². The molecule has 2 aromatic heterocycles. The average Bonchev–Trinajstić information content (AvgIpc) is 0.797. The largest absolute Gasteiger partial charge is 0.309 e. The molecule has 0 spiro atoms. The SMILES string of the molecule is CC(C)(C)c1ccc(-c2cc(C(C)(C)C)ccc2N2c3cc(-n4c5ccc(C(C)(C)C)cc5c5cc(C(C)(C)C)ccc54)ccc3C3c4ccc(-n5c6ccc(C(C)(C)C)cc6c6cc(C(C)(C)C)ccc65)cc4N(c4ccc(C(C)(C)C)cc4-c4ccc(C(C)(C)C)cc4)c4cc(C5c6ccccc6Cc6ccccc65)cc2c43)cc1. The van der Waals surface area contributed by atoms with Gasteiger partial charge in [-0.05, 0) is 254 Å². The van der Waals surface area contributed by atoms with Gasteiger partial charge in [0.2, 0.25) is 0 Å². The van der Waals surface area contributed by atoms with E-state index >= 15 is 0 Å². The number of hydrogen-bond acceptors (Lipinski definition) is 2. The summed E-state index contributed by atoms with van der Waals surface area (Å²) in [5.74, 6) is -0.358. The van der Waals surface area contributed by atoms with E-state index in [-0.39, 0.29) is 55.2 Å². The maximum Gasteiger partial charge on any atom is 0.0541 e. The highest BCUT2D eigenvalue weighted by Crippen LogP contribution is 2.64. The zero-order chi connectivity index (χ0) is 82.7. The second-order valence-electron chi connectivity index (χ2n) is 42.8. The highest BCUT2D eigenvalue weighted by atomic mass is 15.2. The fourth-order valence-electron chi connectivity index (χ4n) is 19.3. The van der Waals surface area contributed by atoms with E-state index in [9.17, 15) is 0 Å². The molecule has 4 heterocycles. The Labute approximate surface area is 697 Å². The monoisotopic (exact) mass is 1530 g/mol. The molecule has 4 heteroatoms. The molecule has 2 aliphatic heterocycles. The topological polar surface area (TPSA) is 16.3 Å². The average molecular weight is 1530 g/mol. The van der Waals surface area contributed by atoms with E-state index in [0.717, 1.165) is 40.5 Å². The molecule has 0 radical (unpaired) electrons. The second-order valence-corrected chi connectivity index (χ2v) is 42.8. The fraction of sp³-hybridized carbons (Fsp3) is 0.310. The van der Waals surface area contributed by atoms with Gasteiger partial charge in [-0.1, -0.05) is 312 Å². The normalized spacial score (nSPS) is 14.4. The maximum atomic E-state index is 2.75. The Morgan fingerprint density at radius 1 is 0.231 bits per heavy atom. The van der Waals surface area contributed by atoms with Crippen LogP contribution < -0.4 is 9.80 Å². The first-order valence-electron chi connectivity index (χ1n) is 43.0. The second kappa shape index (κ2) is 26.8. The van der Waals surface area contributed by atoms with Crippen molar-refractivity contribution < 1.29 is 0 Å². The molecular formula is C113H118N4. The molecule has 3 aliphatic rings. The first-order valence-corrected chi connectivity index (χ1v) is 43.0. The Morgan fingerprint density at radius 2 is 0.521 bits per heavy atom. The summed E-state index contributed by atoms with van der Waals surface area (Å²) >= 11 is 0. The molecular weight excluding hydrogens is 1410 g/mol. The van der Waals surface area contributed by atoms with Gasteiger partial charge in [0.05, 0.1) is 56.2 Å². The van der Waals surface area contributed by atoms with E-state index in [1.54, 1.807) is 0 Å². The molecule has 0 amide bonds. The van der Waals surface area contributed by atoms with Gasteiger partial charge in [0.1, 0.15) is 0 Å². The first-order chi connectivity index (χ1) is 55.1. The predicted octanol–water partition coefficient (Wildman–Crippen LogP) is 31.4. The molecule has 0 N–H and O–H groups in total. The maximum absolute atomic E-state index is 2.75. The van der Waals surface area contributed by atoms with Crippen molar-refractivity contribution in [2.75, 3.05) is 9.80 Å². The van der Waals surface area contributed by atoms with Crippen LogP contribution in [0, 0.1) is 0 Å². The zero-order valence-electron chi connectivity index (χ0n) is 73.9. The van der Waals surface area contributed by atoms with Crippen LogP contribution in [0.4, 0.5) is 34.1 Å². The zero-order valence-corrected chi connectivity index (χ0v) is 73.9. The number of anilines is 6. The van der Waals surface area contributed by atoms with Gasteiger partial charge >= 0.3 is 0 Å². The highest BCUT2D eigenvalue weighted by Gasteiger charge is 2.45. The molecule has 4 nitrogen and oxygen atoms in total. The van der Waals surface area contributed by atoms with Crippen molar-refractivity contribution in [2.45, 2.75) is 228 Å². The Morgan fingerprint density at radius 3 is 0.838 bits per heavy atom. The van der Waals surface area contributed by atoms with Crippen LogP contribution in [0.25, 0.3) is 77.2 Å². The Kier molecular flexibility index (Phi) is 17.7. The number of rotatable bonds is 7. The van der Waals surface area contributed by atoms with Gasteiger partial charge in [0.25, 0.3) is 0 Å². The third kappa shape index (κ3) is 13.2. The van der Waals surface area contributed by atoms with Crippen molar-refractivity contribution in [3.05, 3.63) is 344 Å². The number of hydrogen-bond donors (Lipinski definition) is 0. The molecule has 18 rings (SSSR count). The summed E-state index contributed by atoms with van der Waals surface area (Å²) in [6.07, 6.45) is 0.873. The third-order valence-corrected chi connectivity index (χ3v) is 26.3. The Balaban J connectivity index is 1.02. The lowest BCUT2D eigenvalue weighted by Gasteiger charge is -2.47. The van der Waals surface area contributed by atoms with Crippen molar-refractivity contribution in [2.24, 2.45) is 0 Å². The van der Waals surface area contributed by atoms with Crippen molar-refractivity contribution in [1.82, 2.24) is 9.13 Å². The lowest BCUT2D eigenvalue weighted by molar-refractivity contribution is 0.589. The van der Waals surface area contributed by atoms with Crippen molar-refractivity contribution >= 4 is 77.7 Å². The molecule has 0 fully saturated rings. The van der Waals surface area contributed by atoms with Gasteiger partial charge in [0, 0.05) is 61.4 Å². The summed E-state index contributed by atoms with van der Waals surface area (Å²) < 4.78 is 5.18. The molecule has 0 bridgehead atoms. The predicted molar refractivity (Wildman–Crippen MR) is 503 cm³/mol. The third-order valence-electron chi connectivity index (χ3n) is 26.3. The minimum absolute atomic E-state index is 0.0430. The van der Waals surface area contributed by atoms with Crippen molar-refractivity contribution in [3.63, 3.8) is 0 Å². The van der Waals surface area contributed by atoms with Gasteiger partial charge in [0.15, 0.2) is 0 Å². The molecule has 117 heavy (non-hydrogen) atoms. The molecule has 15 aromatic rings. The lowest BCUT2D eigenvalue weighted by atomic mass is 9.71. The quantitative estimate of drug-likeness (QED) is 0.158. The smallest absolute Gasteiger partial charge is 0.0541 e. The van der Waals surface area contributed by atoms with Crippen molar-refractivity contribution in [3.8, 4) is 33.6 Å². The number of fused-ring (bicyclic) bond motifs is 12. The van der Waals surface area contributed by atoms with Crippen LogP contribution in [-0.2, 0) is 49.7 Å². The van der Waals surface area contributed by atoms with Gasteiger partial charge in [-0.3, -0.25) is 0 Å². The van der Waals surface area contributed by atoms with Gasteiger partial charge in [-0.2, -0.15) is 0 Å². The minimum atomic E-state index is -0.244. The number of aromatic nitrogens is 2. The van der Waals surface area contributed by atoms with Crippen LogP contribution in [0.2, 0.25) is 0 Å². The van der Waals surface area contributed by atoms with Gasteiger partial charge in [-0.15, -0.1) is 0 Å². The van der Waals surface area contributed by atoms with Gasteiger partial charge in [-0.25, -0.2) is 0 Å². The van der Waals surface area contributed by atoms with Crippen molar-refractivity contribution in [1.29, 1.82) is 0 Å². The number of benzene rings is 13. The summed E-state index contributed by atoms with van der Waals surface area (Å²) in [6.45, 7) is 56.4. The summed E-state index contributed by atoms with van der Waals surface area (Å²) in [5, 5.41) is 5.09. The minimum Gasteiger partial charge on any atom is -0.309 e. The lowest BCUT2D eigenvalue weighted by Crippen LogP contribution is -2.30. The van der Waals surface area contributed by atoms with Crippen LogP contribution >= 0.6 is 0 Å². The van der Waals surface area contributed by atoms with Crippen LogP contribution in [0.3, 0.4) is 0 Å². The fourth-order valence-corrected chi connectivity index (χ4v) is 19.3.